The Labute approximate surface area is 108 Å². The van der Waals surface area contributed by atoms with Crippen molar-refractivity contribution in [2.24, 2.45) is 0 Å². The lowest BCUT2D eigenvalue weighted by Crippen LogP contribution is -2.31. The largest absolute Gasteiger partial charge is 0.367 e. The number of nitrogens with one attached hydrogen (secondary N) is 2. The van der Waals surface area contributed by atoms with Crippen molar-refractivity contribution in [2.45, 2.75) is 0 Å². The van der Waals surface area contributed by atoms with E-state index in [0.29, 0.717) is 24.5 Å². The summed E-state index contributed by atoms with van der Waals surface area (Å²) in [6, 6.07) is 3.43. The number of nitrogens with zero attached hydrogens (tertiary/aromatic N) is 2. The average molecular weight is 248 g/mol. The van der Waals surface area contributed by atoms with Crippen LogP contribution in [0.25, 0.3) is 0 Å². The summed E-state index contributed by atoms with van der Waals surface area (Å²) in [6.45, 7) is 5.69. The van der Waals surface area contributed by atoms with Gasteiger partial charge in [-0.1, -0.05) is 6.08 Å². The Morgan fingerprint density at radius 1 is 1.56 bits per heavy atom. The van der Waals surface area contributed by atoms with E-state index in [0.717, 1.165) is 6.54 Å². The molecule has 18 heavy (non-hydrogen) atoms. The Hall–Kier alpha value is -1.88. The maximum absolute atomic E-state index is 11.8. The molecule has 0 aromatic carbocycles. The van der Waals surface area contributed by atoms with E-state index in [1.165, 1.54) is 0 Å². The normalized spacial score (nSPS) is 10.2. The molecule has 1 heterocycles. The van der Waals surface area contributed by atoms with Crippen molar-refractivity contribution in [3.63, 3.8) is 0 Å². The fourth-order valence-corrected chi connectivity index (χ4v) is 1.34. The number of amides is 1. The Balaban J connectivity index is 2.54. The Morgan fingerprint density at radius 2 is 2.33 bits per heavy atom. The van der Waals surface area contributed by atoms with E-state index >= 15 is 0 Å². The van der Waals surface area contributed by atoms with Gasteiger partial charge in [-0.15, -0.1) is 6.58 Å². The van der Waals surface area contributed by atoms with E-state index < -0.39 is 0 Å². The van der Waals surface area contributed by atoms with E-state index in [2.05, 4.69) is 22.2 Å². The molecule has 5 nitrogen and oxygen atoms in total. The van der Waals surface area contributed by atoms with Gasteiger partial charge in [-0.2, -0.15) is 0 Å². The van der Waals surface area contributed by atoms with Gasteiger partial charge in [0.25, 0.3) is 5.91 Å². The Morgan fingerprint density at radius 3 is 3.00 bits per heavy atom. The zero-order chi connectivity index (χ0) is 13.4. The van der Waals surface area contributed by atoms with Crippen molar-refractivity contribution < 1.29 is 4.79 Å². The van der Waals surface area contributed by atoms with Crippen LogP contribution in [0.2, 0.25) is 0 Å². The van der Waals surface area contributed by atoms with Crippen molar-refractivity contribution in [3.8, 4) is 0 Å². The second kappa shape index (κ2) is 7.45. The number of rotatable bonds is 7. The Bertz CT molecular complexity index is 404. The zero-order valence-corrected chi connectivity index (χ0v) is 10.9. The molecule has 2 N–H and O–H groups in total. The number of likely N-dealkylation sites (N-methyl/N-ethyl adjacent to an activating group) is 1. The van der Waals surface area contributed by atoms with Crippen LogP contribution in [-0.2, 0) is 0 Å². The van der Waals surface area contributed by atoms with Crippen molar-refractivity contribution in [2.75, 3.05) is 39.0 Å². The number of carbonyl (C=O) groups is 1. The number of carbonyl (C=O) groups excluding carboxylic acids is 1. The van der Waals surface area contributed by atoms with Crippen molar-refractivity contribution in [3.05, 3.63) is 36.5 Å². The lowest BCUT2D eigenvalue weighted by molar-refractivity contribution is 0.0951. The first kappa shape index (κ1) is 14.2. The van der Waals surface area contributed by atoms with Gasteiger partial charge >= 0.3 is 0 Å². The molecule has 0 spiro atoms. The first-order chi connectivity index (χ1) is 8.63. The summed E-state index contributed by atoms with van der Waals surface area (Å²) in [5, 5.41) is 5.90. The highest BCUT2D eigenvalue weighted by molar-refractivity contribution is 5.94. The molecule has 0 atom stereocenters. The molecule has 0 unspecified atom stereocenters. The molecule has 1 aromatic heterocycles. The van der Waals surface area contributed by atoms with E-state index in [-0.39, 0.29) is 5.91 Å². The highest BCUT2D eigenvalue weighted by Crippen LogP contribution is 2.06. The van der Waals surface area contributed by atoms with Gasteiger partial charge in [0, 0.05) is 31.4 Å². The van der Waals surface area contributed by atoms with Crippen LogP contribution in [0, 0.1) is 0 Å². The number of hydrogen-bond acceptors (Lipinski definition) is 4. The first-order valence-corrected chi connectivity index (χ1v) is 5.87. The fraction of sp³-hybridized carbons (Fsp3) is 0.385. The number of pyridine rings is 1. The molecule has 0 aliphatic carbocycles. The molecule has 5 heteroatoms. The van der Waals surface area contributed by atoms with Gasteiger partial charge in [-0.25, -0.2) is 4.98 Å². The number of aromatic nitrogens is 1. The maximum atomic E-state index is 11.8. The minimum absolute atomic E-state index is 0.0825. The topological polar surface area (TPSA) is 57.3 Å². The summed E-state index contributed by atoms with van der Waals surface area (Å²) in [4.78, 5) is 18.0. The minimum atomic E-state index is -0.0825. The molecular weight excluding hydrogens is 228 g/mol. The second-order valence-electron chi connectivity index (χ2n) is 4.16. The standard InChI is InChI=1S/C13H20N4O/c1-4-6-14-12-10-11(5-7-15-12)13(18)16-8-9-17(2)3/h4-5,7,10H,1,6,8-9H2,2-3H3,(H,14,15)(H,16,18). The van der Waals surface area contributed by atoms with Gasteiger partial charge in [-0.3, -0.25) is 4.79 Å². The van der Waals surface area contributed by atoms with E-state index in [1.807, 2.05) is 19.0 Å². The quantitative estimate of drug-likeness (QED) is 0.706. The molecule has 0 aliphatic heterocycles. The average Bonchev–Trinajstić information content (AvgIpc) is 2.36. The van der Waals surface area contributed by atoms with Gasteiger partial charge in [-0.05, 0) is 26.2 Å². The van der Waals surface area contributed by atoms with Gasteiger partial charge < -0.3 is 15.5 Å². The minimum Gasteiger partial charge on any atom is -0.367 e. The smallest absolute Gasteiger partial charge is 0.251 e. The van der Waals surface area contributed by atoms with Crippen LogP contribution in [0.3, 0.4) is 0 Å². The lowest BCUT2D eigenvalue weighted by Gasteiger charge is -2.10. The molecule has 1 aromatic rings. The van der Waals surface area contributed by atoms with Gasteiger partial charge in [0.2, 0.25) is 0 Å². The van der Waals surface area contributed by atoms with Crippen molar-refractivity contribution in [1.82, 2.24) is 15.2 Å². The highest BCUT2D eigenvalue weighted by Gasteiger charge is 2.05. The summed E-state index contributed by atoms with van der Waals surface area (Å²) in [5.74, 6) is 0.594. The lowest BCUT2D eigenvalue weighted by atomic mass is 10.2. The second-order valence-corrected chi connectivity index (χ2v) is 4.16. The molecule has 1 amide bonds. The third-order valence-electron chi connectivity index (χ3n) is 2.29. The molecule has 0 aliphatic rings. The van der Waals surface area contributed by atoms with Crippen molar-refractivity contribution >= 4 is 11.7 Å². The molecule has 98 valence electrons. The predicted molar refractivity (Wildman–Crippen MR) is 73.8 cm³/mol. The molecular formula is C13H20N4O. The molecule has 1 rings (SSSR count). The summed E-state index contributed by atoms with van der Waals surface area (Å²) >= 11 is 0. The number of anilines is 1. The third kappa shape index (κ3) is 4.97. The van der Waals surface area contributed by atoms with E-state index in [4.69, 9.17) is 0 Å². The molecule has 0 saturated heterocycles. The molecule has 0 fully saturated rings. The van der Waals surface area contributed by atoms with Crippen molar-refractivity contribution in [1.29, 1.82) is 0 Å². The van der Waals surface area contributed by atoms with Crippen LogP contribution >= 0.6 is 0 Å². The maximum Gasteiger partial charge on any atom is 0.251 e. The molecule has 0 bridgehead atoms. The summed E-state index contributed by atoms with van der Waals surface area (Å²) in [6.07, 6.45) is 3.36. The van der Waals surface area contributed by atoms with Gasteiger partial charge in [0.1, 0.15) is 5.82 Å². The third-order valence-corrected chi connectivity index (χ3v) is 2.29. The van der Waals surface area contributed by atoms with Crippen LogP contribution in [-0.4, -0.2) is 49.5 Å². The van der Waals surface area contributed by atoms with Crippen LogP contribution in [0.5, 0.6) is 0 Å². The summed E-state index contributed by atoms with van der Waals surface area (Å²) < 4.78 is 0. The van der Waals surface area contributed by atoms with Crippen LogP contribution in [0.4, 0.5) is 5.82 Å². The Kier molecular flexibility index (Phi) is 5.87. The highest BCUT2D eigenvalue weighted by atomic mass is 16.1. The molecule has 0 radical (unpaired) electrons. The van der Waals surface area contributed by atoms with Gasteiger partial charge in [0.15, 0.2) is 0 Å². The fourth-order valence-electron chi connectivity index (χ4n) is 1.34. The van der Waals surface area contributed by atoms with E-state index in [1.54, 1.807) is 24.4 Å². The monoisotopic (exact) mass is 248 g/mol. The predicted octanol–water partition coefficient (Wildman–Crippen LogP) is 0.971. The molecule has 0 saturated carbocycles. The summed E-state index contributed by atoms with van der Waals surface area (Å²) in [7, 11) is 3.94. The summed E-state index contributed by atoms with van der Waals surface area (Å²) in [5.41, 5.74) is 0.607. The number of hydrogen-bond donors (Lipinski definition) is 2. The van der Waals surface area contributed by atoms with Crippen LogP contribution in [0.15, 0.2) is 31.0 Å². The van der Waals surface area contributed by atoms with Gasteiger partial charge in [0.05, 0.1) is 0 Å². The van der Waals surface area contributed by atoms with Crippen LogP contribution in [0.1, 0.15) is 10.4 Å². The zero-order valence-electron chi connectivity index (χ0n) is 10.9. The SMILES string of the molecule is C=CCNc1cc(C(=O)NCCN(C)C)ccn1. The van der Waals surface area contributed by atoms with Crippen LogP contribution < -0.4 is 10.6 Å². The van der Waals surface area contributed by atoms with E-state index in [9.17, 15) is 4.79 Å². The first-order valence-electron chi connectivity index (χ1n) is 5.87.